The summed E-state index contributed by atoms with van der Waals surface area (Å²) in [4.78, 5) is 4.70. The predicted molar refractivity (Wildman–Crippen MR) is 75.1 cm³/mol. The van der Waals surface area contributed by atoms with Gasteiger partial charge in [-0.05, 0) is 39.1 Å². The third kappa shape index (κ3) is 2.45. The van der Waals surface area contributed by atoms with E-state index in [2.05, 4.69) is 36.8 Å². The first-order valence-electron chi connectivity index (χ1n) is 6.10. The lowest BCUT2D eigenvalue weighted by Crippen LogP contribution is -2.57. The molecule has 4 heteroatoms. The summed E-state index contributed by atoms with van der Waals surface area (Å²) in [5.41, 5.74) is 1.78. The van der Waals surface area contributed by atoms with Gasteiger partial charge < -0.3 is 4.90 Å². The van der Waals surface area contributed by atoms with Crippen LogP contribution in [0.1, 0.15) is 19.4 Å². The molecule has 0 aromatic heterocycles. The Morgan fingerprint density at radius 1 is 1.33 bits per heavy atom. The van der Waals surface area contributed by atoms with Crippen LogP contribution < -0.4 is 4.90 Å². The van der Waals surface area contributed by atoms with Crippen molar-refractivity contribution in [3.8, 4) is 6.07 Å². The molecule has 0 bridgehead atoms. The molecule has 18 heavy (non-hydrogen) atoms. The van der Waals surface area contributed by atoms with Crippen molar-refractivity contribution in [3.05, 3.63) is 28.8 Å². The van der Waals surface area contributed by atoms with Crippen LogP contribution in [0, 0.1) is 11.3 Å². The average molecular weight is 264 g/mol. The van der Waals surface area contributed by atoms with Crippen LogP contribution in [0.15, 0.2) is 18.2 Å². The molecule has 0 radical (unpaired) electrons. The highest BCUT2D eigenvalue weighted by Crippen LogP contribution is 2.27. The van der Waals surface area contributed by atoms with Gasteiger partial charge in [-0.15, -0.1) is 0 Å². The molecular formula is C14H18ClN3. The first-order valence-corrected chi connectivity index (χ1v) is 6.48. The van der Waals surface area contributed by atoms with Crippen LogP contribution in [0.2, 0.25) is 5.02 Å². The van der Waals surface area contributed by atoms with E-state index >= 15 is 0 Å². The molecule has 1 aromatic carbocycles. The Morgan fingerprint density at radius 3 is 2.61 bits per heavy atom. The van der Waals surface area contributed by atoms with Gasteiger partial charge in [-0.3, -0.25) is 4.90 Å². The molecule has 1 heterocycles. The number of hydrogen-bond donors (Lipinski definition) is 0. The Morgan fingerprint density at radius 2 is 2.06 bits per heavy atom. The number of nitrogens with zero attached hydrogens (tertiary/aromatic N) is 3. The molecule has 1 saturated heterocycles. The van der Waals surface area contributed by atoms with E-state index in [4.69, 9.17) is 16.9 Å². The third-order valence-corrected chi connectivity index (χ3v) is 4.07. The van der Waals surface area contributed by atoms with E-state index in [9.17, 15) is 0 Å². The van der Waals surface area contributed by atoms with Gasteiger partial charge in [0, 0.05) is 30.9 Å². The summed E-state index contributed by atoms with van der Waals surface area (Å²) in [6, 6.07) is 7.75. The number of hydrogen-bond acceptors (Lipinski definition) is 3. The van der Waals surface area contributed by atoms with E-state index < -0.39 is 0 Å². The van der Waals surface area contributed by atoms with Crippen molar-refractivity contribution in [2.24, 2.45) is 0 Å². The van der Waals surface area contributed by atoms with Gasteiger partial charge in [0.2, 0.25) is 0 Å². The van der Waals surface area contributed by atoms with Gasteiger partial charge in [0.05, 0.1) is 10.6 Å². The first-order chi connectivity index (χ1) is 8.44. The molecule has 1 aliphatic heterocycles. The molecule has 0 N–H and O–H groups in total. The van der Waals surface area contributed by atoms with E-state index in [1.165, 1.54) is 0 Å². The van der Waals surface area contributed by atoms with Gasteiger partial charge in [0.25, 0.3) is 0 Å². The van der Waals surface area contributed by atoms with E-state index in [1.54, 1.807) is 6.07 Å². The zero-order valence-electron chi connectivity index (χ0n) is 11.1. The summed E-state index contributed by atoms with van der Waals surface area (Å²) in [6.07, 6.45) is 0. The molecule has 96 valence electrons. The molecular weight excluding hydrogens is 246 g/mol. The molecule has 0 atom stereocenters. The standard InChI is InChI=1S/C14H18ClN3/c1-14(2)10-18(7-6-17(14)3)12-5-4-11(9-16)13(15)8-12/h4-5,8H,6-7,10H2,1-3H3. The molecule has 2 rings (SSSR count). The molecule has 1 fully saturated rings. The van der Waals surface area contributed by atoms with Crippen molar-refractivity contribution in [2.75, 3.05) is 31.6 Å². The predicted octanol–water partition coefficient (Wildman–Crippen LogP) is 2.74. The highest BCUT2D eigenvalue weighted by molar-refractivity contribution is 6.32. The Hall–Kier alpha value is -1.24. The summed E-state index contributed by atoms with van der Waals surface area (Å²) < 4.78 is 0. The Labute approximate surface area is 114 Å². The van der Waals surface area contributed by atoms with E-state index in [0.717, 1.165) is 25.3 Å². The largest absolute Gasteiger partial charge is 0.368 e. The van der Waals surface area contributed by atoms with Gasteiger partial charge in [0.1, 0.15) is 6.07 Å². The number of piperazine rings is 1. The van der Waals surface area contributed by atoms with Gasteiger partial charge in [-0.1, -0.05) is 11.6 Å². The summed E-state index contributed by atoms with van der Waals surface area (Å²) in [5, 5.41) is 9.42. The molecule has 0 unspecified atom stereocenters. The van der Waals surface area contributed by atoms with Crippen LogP contribution in [0.5, 0.6) is 0 Å². The fraction of sp³-hybridized carbons (Fsp3) is 0.500. The number of nitriles is 1. The van der Waals surface area contributed by atoms with E-state index in [0.29, 0.717) is 10.6 Å². The highest BCUT2D eigenvalue weighted by atomic mass is 35.5. The number of halogens is 1. The maximum atomic E-state index is 8.88. The quantitative estimate of drug-likeness (QED) is 0.781. The zero-order valence-corrected chi connectivity index (χ0v) is 11.8. The maximum Gasteiger partial charge on any atom is 0.101 e. The molecule has 0 aliphatic carbocycles. The molecule has 0 saturated carbocycles. The van der Waals surface area contributed by atoms with Crippen LogP contribution in [-0.4, -0.2) is 37.1 Å². The Balaban J connectivity index is 2.23. The van der Waals surface area contributed by atoms with Crippen LogP contribution in [0.25, 0.3) is 0 Å². The maximum absolute atomic E-state index is 8.88. The summed E-state index contributed by atoms with van der Waals surface area (Å²) in [6.45, 7) is 7.47. The van der Waals surface area contributed by atoms with Crippen molar-refractivity contribution < 1.29 is 0 Å². The normalized spacial score (nSPS) is 19.6. The second-order valence-corrected chi connectivity index (χ2v) is 5.84. The number of anilines is 1. The van der Waals surface area contributed by atoms with E-state index in [-0.39, 0.29) is 5.54 Å². The Bertz CT molecular complexity index is 490. The molecule has 1 aliphatic rings. The average Bonchev–Trinajstić information content (AvgIpc) is 2.32. The molecule has 0 amide bonds. The lowest BCUT2D eigenvalue weighted by molar-refractivity contribution is 0.139. The zero-order chi connectivity index (χ0) is 13.3. The van der Waals surface area contributed by atoms with Crippen LogP contribution in [0.4, 0.5) is 5.69 Å². The molecule has 3 nitrogen and oxygen atoms in total. The molecule has 1 aromatic rings. The first kappa shape index (κ1) is 13.2. The lowest BCUT2D eigenvalue weighted by atomic mass is 9.99. The van der Waals surface area contributed by atoms with Crippen molar-refractivity contribution in [3.63, 3.8) is 0 Å². The van der Waals surface area contributed by atoms with Crippen molar-refractivity contribution in [1.82, 2.24) is 4.90 Å². The SMILES string of the molecule is CN1CCN(c2ccc(C#N)c(Cl)c2)CC1(C)C. The minimum absolute atomic E-state index is 0.151. The van der Waals surface area contributed by atoms with Gasteiger partial charge in [-0.2, -0.15) is 5.26 Å². The number of rotatable bonds is 1. The minimum Gasteiger partial charge on any atom is -0.368 e. The van der Waals surface area contributed by atoms with Gasteiger partial charge in [-0.25, -0.2) is 0 Å². The van der Waals surface area contributed by atoms with Crippen molar-refractivity contribution in [1.29, 1.82) is 5.26 Å². The van der Waals surface area contributed by atoms with Crippen molar-refractivity contribution >= 4 is 17.3 Å². The van der Waals surface area contributed by atoms with Crippen LogP contribution in [0.3, 0.4) is 0 Å². The smallest absolute Gasteiger partial charge is 0.101 e. The topological polar surface area (TPSA) is 30.3 Å². The van der Waals surface area contributed by atoms with Gasteiger partial charge >= 0.3 is 0 Å². The second-order valence-electron chi connectivity index (χ2n) is 5.43. The third-order valence-electron chi connectivity index (χ3n) is 3.75. The monoisotopic (exact) mass is 263 g/mol. The highest BCUT2D eigenvalue weighted by Gasteiger charge is 2.31. The molecule has 0 spiro atoms. The lowest BCUT2D eigenvalue weighted by Gasteiger charge is -2.46. The van der Waals surface area contributed by atoms with E-state index in [1.807, 2.05) is 12.1 Å². The number of likely N-dealkylation sites (N-methyl/N-ethyl adjacent to an activating group) is 1. The van der Waals surface area contributed by atoms with Gasteiger partial charge in [0.15, 0.2) is 0 Å². The fourth-order valence-corrected chi connectivity index (χ4v) is 2.47. The van der Waals surface area contributed by atoms with Crippen molar-refractivity contribution in [2.45, 2.75) is 19.4 Å². The second kappa shape index (κ2) is 4.79. The van der Waals surface area contributed by atoms with Crippen LogP contribution in [-0.2, 0) is 0 Å². The summed E-state index contributed by atoms with van der Waals surface area (Å²) in [7, 11) is 2.16. The number of benzene rings is 1. The fourth-order valence-electron chi connectivity index (χ4n) is 2.25. The minimum atomic E-state index is 0.151. The summed E-state index contributed by atoms with van der Waals surface area (Å²) in [5.74, 6) is 0. The van der Waals surface area contributed by atoms with Crippen LogP contribution >= 0.6 is 11.6 Å². The summed E-state index contributed by atoms with van der Waals surface area (Å²) >= 11 is 6.09. The Kier molecular flexibility index (Phi) is 3.52.